The summed E-state index contributed by atoms with van der Waals surface area (Å²) in [5.74, 6) is -3.20. The minimum atomic E-state index is -0.746. The lowest BCUT2D eigenvalue weighted by molar-refractivity contribution is 0.0421. The molecule has 5 N–H and O–H groups in total. The van der Waals surface area contributed by atoms with Crippen LogP contribution in [-0.4, -0.2) is 43.2 Å². The van der Waals surface area contributed by atoms with Crippen LogP contribution in [0, 0.1) is 0 Å². The zero-order valence-electron chi connectivity index (χ0n) is 18.3. The zero-order valence-corrected chi connectivity index (χ0v) is 18.3. The van der Waals surface area contributed by atoms with E-state index < -0.39 is 58.1 Å². The Morgan fingerprint density at radius 1 is 0.909 bits per heavy atom. The van der Waals surface area contributed by atoms with Crippen molar-refractivity contribution in [2.75, 3.05) is 0 Å². The van der Waals surface area contributed by atoms with Gasteiger partial charge in [-0.15, -0.1) is 0 Å². The van der Waals surface area contributed by atoms with E-state index in [4.69, 9.17) is 4.74 Å². The number of ketones is 2. The van der Waals surface area contributed by atoms with E-state index >= 15 is 0 Å². The maximum atomic E-state index is 12.2. The summed E-state index contributed by atoms with van der Waals surface area (Å²) in [5, 5.41) is 52.4. The van der Waals surface area contributed by atoms with Gasteiger partial charge in [-0.3, -0.25) is 9.59 Å². The number of hydrogen-bond donors (Lipinski definition) is 5. The van der Waals surface area contributed by atoms with Crippen LogP contribution in [0.3, 0.4) is 0 Å². The summed E-state index contributed by atoms with van der Waals surface area (Å²) in [7, 11) is 0. The summed E-state index contributed by atoms with van der Waals surface area (Å²) in [5.41, 5.74) is 0.646. The number of aliphatic hydroxyl groups excluding tert-OH is 1. The van der Waals surface area contributed by atoms with Crippen molar-refractivity contribution in [3.05, 3.63) is 57.9 Å². The van der Waals surface area contributed by atoms with E-state index in [-0.39, 0.29) is 24.2 Å². The first-order chi connectivity index (χ1) is 15.6. The van der Waals surface area contributed by atoms with Gasteiger partial charge >= 0.3 is 0 Å². The molecule has 0 saturated heterocycles. The molecule has 8 nitrogen and oxygen atoms in total. The number of Topliss-reactive ketones (excluding diaryl/α,β-unsaturated/α-hetero) is 2. The van der Waals surface area contributed by atoms with Gasteiger partial charge in [0, 0.05) is 17.9 Å². The lowest BCUT2D eigenvalue weighted by Crippen LogP contribution is -2.26. The van der Waals surface area contributed by atoms with Gasteiger partial charge in [0.2, 0.25) is 0 Å². The summed E-state index contributed by atoms with van der Waals surface area (Å²) in [6, 6.07) is 6.43. The number of aliphatic hydroxyl groups is 1. The molecule has 1 aliphatic carbocycles. The molecule has 33 heavy (non-hydrogen) atoms. The highest BCUT2D eigenvalue weighted by Crippen LogP contribution is 2.54. The Labute approximate surface area is 190 Å². The van der Waals surface area contributed by atoms with Gasteiger partial charge in [-0.1, -0.05) is 12.1 Å². The molecule has 0 spiro atoms. The molecule has 2 aliphatic rings. The van der Waals surface area contributed by atoms with Crippen molar-refractivity contribution < 1.29 is 39.9 Å². The number of rotatable bonds is 4. The predicted molar refractivity (Wildman–Crippen MR) is 118 cm³/mol. The number of phenolic OH excluding ortho intramolecular Hbond substituents is 4. The highest BCUT2D eigenvalue weighted by Gasteiger charge is 2.40. The van der Waals surface area contributed by atoms with Crippen LogP contribution < -0.4 is 0 Å². The monoisotopic (exact) mass is 454 g/mol. The van der Waals surface area contributed by atoms with E-state index in [0.717, 1.165) is 25.0 Å². The molecule has 0 fully saturated rings. The first kappa shape index (κ1) is 22.7. The topological polar surface area (TPSA) is 145 Å². The highest BCUT2D eigenvalue weighted by atomic mass is 16.5. The summed E-state index contributed by atoms with van der Waals surface area (Å²) < 4.78 is 6.19. The van der Waals surface area contributed by atoms with Crippen molar-refractivity contribution in [2.45, 2.75) is 57.7 Å². The molecular weight excluding hydrogens is 428 g/mol. The summed E-state index contributed by atoms with van der Waals surface area (Å²) in [4.78, 5) is 24.5. The maximum absolute atomic E-state index is 12.2. The Morgan fingerprint density at radius 2 is 1.48 bits per heavy atom. The van der Waals surface area contributed by atoms with Crippen LogP contribution in [0.2, 0.25) is 0 Å². The number of phenols is 4. The minimum absolute atomic E-state index is 0.0147. The third-order valence-electron chi connectivity index (χ3n) is 6.46. The average molecular weight is 454 g/mol. The lowest BCUT2D eigenvalue weighted by Gasteiger charge is -2.39. The highest BCUT2D eigenvalue weighted by molar-refractivity contribution is 6.08. The Hall–Kier alpha value is -3.52. The third-order valence-corrected chi connectivity index (χ3v) is 6.46. The van der Waals surface area contributed by atoms with Crippen molar-refractivity contribution in [2.24, 2.45) is 0 Å². The molecule has 3 atom stereocenters. The van der Waals surface area contributed by atoms with Gasteiger partial charge in [0.05, 0.1) is 11.9 Å². The molecule has 3 unspecified atom stereocenters. The summed E-state index contributed by atoms with van der Waals surface area (Å²) in [6.07, 6.45) is 0.272. The molecule has 0 amide bonds. The average Bonchev–Trinajstić information content (AvgIpc) is 2.73. The van der Waals surface area contributed by atoms with Gasteiger partial charge in [0.15, 0.2) is 11.6 Å². The van der Waals surface area contributed by atoms with Gasteiger partial charge in [-0.25, -0.2) is 0 Å². The molecule has 1 heterocycles. The smallest absolute Gasteiger partial charge is 0.167 e. The zero-order chi connectivity index (χ0) is 24.0. The Bertz CT molecular complexity index is 1120. The van der Waals surface area contributed by atoms with Crippen molar-refractivity contribution in [3.8, 4) is 23.0 Å². The number of hydrogen-bond acceptors (Lipinski definition) is 8. The Morgan fingerprint density at radius 3 is 2.03 bits per heavy atom. The molecule has 1 aliphatic heterocycles. The van der Waals surface area contributed by atoms with Crippen molar-refractivity contribution >= 4 is 11.6 Å². The molecule has 2 aromatic rings. The molecule has 0 radical (unpaired) electrons. The lowest BCUT2D eigenvalue weighted by atomic mass is 9.75. The molecular formula is C25H26O8. The van der Waals surface area contributed by atoms with Crippen molar-refractivity contribution in [3.63, 3.8) is 0 Å². The fraction of sp³-hybridized carbons (Fsp3) is 0.360. The fourth-order valence-corrected chi connectivity index (χ4v) is 4.89. The van der Waals surface area contributed by atoms with E-state index in [2.05, 4.69) is 0 Å². The van der Waals surface area contributed by atoms with Crippen molar-refractivity contribution in [1.82, 2.24) is 0 Å². The molecule has 0 bridgehead atoms. The van der Waals surface area contributed by atoms with E-state index in [9.17, 15) is 35.1 Å². The van der Waals surface area contributed by atoms with Crippen LogP contribution in [-0.2, 0) is 4.74 Å². The predicted octanol–water partition coefficient (Wildman–Crippen LogP) is 3.96. The van der Waals surface area contributed by atoms with E-state index in [0.29, 0.717) is 18.6 Å². The van der Waals surface area contributed by atoms with Gasteiger partial charge in [0.25, 0.3) is 0 Å². The van der Waals surface area contributed by atoms with E-state index in [1.54, 1.807) is 12.1 Å². The maximum Gasteiger partial charge on any atom is 0.167 e. The Balaban J connectivity index is 1.93. The molecule has 4 rings (SSSR count). The second-order valence-electron chi connectivity index (χ2n) is 8.65. The summed E-state index contributed by atoms with van der Waals surface area (Å²) in [6.45, 7) is 2.31. The van der Waals surface area contributed by atoms with Crippen LogP contribution in [0.4, 0.5) is 0 Å². The number of ether oxygens (including phenoxy) is 1. The van der Waals surface area contributed by atoms with Crippen LogP contribution >= 0.6 is 0 Å². The largest absolute Gasteiger partial charge is 0.508 e. The molecule has 8 heteroatoms. The second kappa shape index (κ2) is 8.44. The van der Waals surface area contributed by atoms with Gasteiger partial charge < -0.3 is 30.3 Å². The Kier molecular flexibility index (Phi) is 5.80. The quantitative estimate of drug-likeness (QED) is 0.437. The number of aromatic hydroxyl groups is 4. The van der Waals surface area contributed by atoms with Crippen LogP contribution in [0.5, 0.6) is 23.0 Å². The number of allylic oxidation sites excluding steroid dienone is 1. The summed E-state index contributed by atoms with van der Waals surface area (Å²) >= 11 is 0. The van der Waals surface area contributed by atoms with Crippen LogP contribution in [0.1, 0.15) is 83.4 Å². The first-order valence-corrected chi connectivity index (χ1v) is 10.8. The fourth-order valence-electron chi connectivity index (χ4n) is 4.89. The molecule has 0 aromatic heterocycles. The molecule has 174 valence electrons. The number of benzene rings is 2. The van der Waals surface area contributed by atoms with E-state index in [1.165, 1.54) is 12.1 Å². The minimum Gasteiger partial charge on any atom is -0.508 e. The SMILES string of the molecule is CC(=O)c1c(O)c(C(C)=O)c(O)c(C2CC(c3ccc(O)cc3)OC3=C2CCC(O)C3)c1O. The third kappa shape index (κ3) is 3.91. The van der Waals surface area contributed by atoms with Crippen LogP contribution in [0.25, 0.3) is 0 Å². The number of carbonyl (C=O) groups is 2. The van der Waals surface area contributed by atoms with E-state index in [1.807, 2.05) is 0 Å². The van der Waals surface area contributed by atoms with Gasteiger partial charge in [0.1, 0.15) is 40.2 Å². The van der Waals surface area contributed by atoms with Gasteiger partial charge in [-0.2, -0.15) is 0 Å². The normalized spacial score (nSPS) is 22.5. The second-order valence-corrected chi connectivity index (χ2v) is 8.65. The standard InChI is InChI=1S/C25H26O8/c1-11(26)20-23(30)21(12(2)27)25(32)22(24(20)31)17-10-18(13-3-5-14(28)6-4-13)33-19-9-15(29)7-8-16(17)19/h3-6,15,17-18,28-32H,7-10H2,1-2H3. The number of carbonyl (C=O) groups excluding carboxylic acids is 2. The van der Waals surface area contributed by atoms with Crippen LogP contribution in [0.15, 0.2) is 35.6 Å². The molecule has 2 aromatic carbocycles. The van der Waals surface area contributed by atoms with Gasteiger partial charge in [-0.05, 0) is 56.4 Å². The molecule has 0 saturated carbocycles. The first-order valence-electron chi connectivity index (χ1n) is 10.8. The van der Waals surface area contributed by atoms with Crippen molar-refractivity contribution in [1.29, 1.82) is 0 Å².